The molecule has 1 N–H and O–H groups in total. The molecule has 1 aliphatic carbocycles. The maximum absolute atomic E-state index is 5.02. The molecule has 2 nitrogen and oxygen atoms in total. The summed E-state index contributed by atoms with van der Waals surface area (Å²) in [4.78, 5) is 0. The molecule has 14 heavy (non-hydrogen) atoms. The Labute approximate surface area is 88.4 Å². The second kappa shape index (κ2) is 4.19. The van der Waals surface area contributed by atoms with Crippen molar-refractivity contribution in [1.29, 1.82) is 0 Å². The molecule has 0 spiro atoms. The Bertz CT molecular complexity index is 173. The monoisotopic (exact) mass is 199 g/mol. The smallest absolute Gasteiger partial charge is 0.0462 e. The van der Waals surface area contributed by atoms with E-state index in [2.05, 4.69) is 33.0 Å². The van der Waals surface area contributed by atoms with Gasteiger partial charge in [0.25, 0.3) is 0 Å². The largest absolute Gasteiger partial charge is 0.385 e. The van der Waals surface area contributed by atoms with Crippen molar-refractivity contribution in [2.75, 3.05) is 20.3 Å². The molecule has 0 amide bonds. The van der Waals surface area contributed by atoms with E-state index in [1.807, 2.05) is 0 Å². The van der Waals surface area contributed by atoms with Crippen LogP contribution in [0.5, 0.6) is 0 Å². The third-order valence-electron chi connectivity index (χ3n) is 4.14. The van der Waals surface area contributed by atoms with Crippen molar-refractivity contribution in [1.82, 2.24) is 5.32 Å². The first-order valence-electron chi connectivity index (χ1n) is 5.67. The molecule has 1 aliphatic rings. The molecule has 0 atom stereocenters. The van der Waals surface area contributed by atoms with Gasteiger partial charge < -0.3 is 10.1 Å². The van der Waals surface area contributed by atoms with Gasteiger partial charge >= 0.3 is 0 Å². The molecule has 0 radical (unpaired) electrons. The van der Waals surface area contributed by atoms with E-state index in [1.54, 1.807) is 7.11 Å². The van der Waals surface area contributed by atoms with Crippen molar-refractivity contribution < 1.29 is 4.74 Å². The van der Waals surface area contributed by atoms with Crippen molar-refractivity contribution in [2.45, 2.75) is 46.6 Å². The lowest BCUT2D eigenvalue weighted by atomic mass is 10.0. The molecular weight excluding hydrogens is 174 g/mol. The van der Waals surface area contributed by atoms with Gasteiger partial charge in [-0.1, -0.05) is 27.7 Å². The highest BCUT2D eigenvalue weighted by molar-refractivity contribution is 5.17. The van der Waals surface area contributed by atoms with Gasteiger partial charge in [0.05, 0.1) is 0 Å². The van der Waals surface area contributed by atoms with Crippen molar-refractivity contribution >= 4 is 0 Å². The number of unbranched alkanes of at least 4 members (excludes halogenated alkanes) is 1. The van der Waals surface area contributed by atoms with Crippen molar-refractivity contribution in [3.05, 3.63) is 0 Å². The van der Waals surface area contributed by atoms with Gasteiger partial charge in [-0.2, -0.15) is 0 Å². The number of hydrogen-bond acceptors (Lipinski definition) is 2. The zero-order valence-electron chi connectivity index (χ0n) is 10.3. The number of hydrogen-bond donors (Lipinski definition) is 1. The van der Waals surface area contributed by atoms with Crippen LogP contribution in [-0.2, 0) is 4.74 Å². The fraction of sp³-hybridized carbons (Fsp3) is 1.00. The zero-order chi connectivity index (χ0) is 10.8. The quantitative estimate of drug-likeness (QED) is 0.663. The number of nitrogens with one attached hydrogen (secondary N) is 1. The van der Waals surface area contributed by atoms with E-state index in [4.69, 9.17) is 4.74 Å². The van der Waals surface area contributed by atoms with Gasteiger partial charge in [-0.25, -0.2) is 0 Å². The Morgan fingerprint density at radius 3 is 2.07 bits per heavy atom. The highest BCUT2D eigenvalue weighted by Gasteiger charge is 2.64. The van der Waals surface area contributed by atoms with Gasteiger partial charge in [0.2, 0.25) is 0 Å². The van der Waals surface area contributed by atoms with Crippen molar-refractivity contribution in [2.24, 2.45) is 10.8 Å². The predicted octanol–water partition coefficient (Wildman–Crippen LogP) is 2.44. The lowest BCUT2D eigenvalue weighted by molar-refractivity contribution is 0.192. The lowest BCUT2D eigenvalue weighted by Gasteiger charge is -2.05. The van der Waals surface area contributed by atoms with Crippen LogP contribution >= 0.6 is 0 Å². The van der Waals surface area contributed by atoms with Gasteiger partial charge in [-0.05, 0) is 30.2 Å². The molecule has 0 heterocycles. The van der Waals surface area contributed by atoms with Crippen LogP contribution in [0.4, 0.5) is 0 Å². The van der Waals surface area contributed by atoms with Crippen LogP contribution in [-0.4, -0.2) is 26.3 Å². The van der Waals surface area contributed by atoms with Crippen LogP contribution < -0.4 is 5.32 Å². The van der Waals surface area contributed by atoms with Crippen LogP contribution in [0.25, 0.3) is 0 Å². The fourth-order valence-corrected chi connectivity index (χ4v) is 2.32. The first-order chi connectivity index (χ1) is 6.44. The molecular formula is C12H25NO. The van der Waals surface area contributed by atoms with Crippen LogP contribution in [0.15, 0.2) is 0 Å². The molecule has 0 aliphatic heterocycles. The maximum atomic E-state index is 5.02. The first kappa shape index (κ1) is 12.0. The topological polar surface area (TPSA) is 21.3 Å². The first-order valence-corrected chi connectivity index (χ1v) is 5.67. The molecule has 1 rings (SSSR count). The molecule has 0 unspecified atom stereocenters. The average molecular weight is 199 g/mol. The van der Waals surface area contributed by atoms with E-state index in [0.29, 0.717) is 16.9 Å². The van der Waals surface area contributed by atoms with Crippen LogP contribution in [0.1, 0.15) is 40.5 Å². The highest BCUT2D eigenvalue weighted by atomic mass is 16.5. The maximum Gasteiger partial charge on any atom is 0.0462 e. The molecule has 1 fully saturated rings. The summed E-state index contributed by atoms with van der Waals surface area (Å²) >= 11 is 0. The SMILES string of the molecule is COCCCCNC1C(C)(C)C1(C)C. The summed E-state index contributed by atoms with van der Waals surface area (Å²) in [7, 11) is 1.76. The molecule has 0 aromatic carbocycles. The summed E-state index contributed by atoms with van der Waals surface area (Å²) < 4.78 is 5.02. The molecule has 1 saturated carbocycles. The van der Waals surface area contributed by atoms with Gasteiger partial charge in [0, 0.05) is 19.8 Å². The molecule has 84 valence electrons. The van der Waals surface area contributed by atoms with E-state index >= 15 is 0 Å². The Morgan fingerprint density at radius 2 is 1.64 bits per heavy atom. The molecule has 0 bridgehead atoms. The van der Waals surface area contributed by atoms with Gasteiger partial charge in [-0.3, -0.25) is 0 Å². The molecule has 0 aromatic rings. The summed E-state index contributed by atoms with van der Waals surface area (Å²) in [6.45, 7) is 11.4. The van der Waals surface area contributed by atoms with E-state index in [9.17, 15) is 0 Å². The average Bonchev–Trinajstić information content (AvgIpc) is 2.46. The third kappa shape index (κ3) is 2.12. The van der Waals surface area contributed by atoms with Crippen molar-refractivity contribution in [3.63, 3.8) is 0 Å². The number of rotatable bonds is 6. The molecule has 0 saturated heterocycles. The second-order valence-corrected chi connectivity index (χ2v) is 5.53. The minimum absolute atomic E-state index is 0.467. The number of ether oxygens (including phenoxy) is 1. The van der Waals surface area contributed by atoms with Gasteiger partial charge in [-0.15, -0.1) is 0 Å². The van der Waals surface area contributed by atoms with E-state index < -0.39 is 0 Å². The summed E-state index contributed by atoms with van der Waals surface area (Å²) in [6, 6.07) is 0.692. The summed E-state index contributed by atoms with van der Waals surface area (Å²) in [5, 5.41) is 3.64. The van der Waals surface area contributed by atoms with Crippen LogP contribution in [0.2, 0.25) is 0 Å². The van der Waals surface area contributed by atoms with Crippen LogP contribution in [0, 0.1) is 10.8 Å². The molecule has 0 aromatic heterocycles. The van der Waals surface area contributed by atoms with E-state index in [0.717, 1.165) is 19.6 Å². The van der Waals surface area contributed by atoms with E-state index in [1.165, 1.54) is 6.42 Å². The minimum Gasteiger partial charge on any atom is -0.385 e. The highest BCUT2D eigenvalue weighted by Crippen LogP contribution is 2.62. The minimum atomic E-state index is 0.467. The normalized spacial score (nSPS) is 23.8. The Morgan fingerprint density at radius 1 is 1.07 bits per heavy atom. The van der Waals surface area contributed by atoms with Crippen molar-refractivity contribution in [3.8, 4) is 0 Å². The summed E-state index contributed by atoms with van der Waals surface area (Å²) in [5.41, 5.74) is 0.933. The van der Waals surface area contributed by atoms with Crippen LogP contribution in [0.3, 0.4) is 0 Å². The fourth-order valence-electron chi connectivity index (χ4n) is 2.32. The second-order valence-electron chi connectivity index (χ2n) is 5.53. The lowest BCUT2D eigenvalue weighted by Crippen LogP contribution is -2.23. The van der Waals surface area contributed by atoms with E-state index in [-0.39, 0.29) is 0 Å². The predicted molar refractivity (Wildman–Crippen MR) is 60.5 cm³/mol. The standard InChI is InChI=1S/C12H25NO/c1-11(2)10(12(11,3)4)13-8-6-7-9-14-5/h10,13H,6-9H2,1-5H3. The third-order valence-corrected chi connectivity index (χ3v) is 4.14. The summed E-state index contributed by atoms with van der Waals surface area (Å²) in [6.07, 6.45) is 2.38. The Hall–Kier alpha value is -0.0800. The number of methoxy groups -OCH3 is 1. The van der Waals surface area contributed by atoms with Gasteiger partial charge in [0.15, 0.2) is 0 Å². The Kier molecular flexibility index (Phi) is 3.59. The molecule has 2 heteroatoms. The zero-order valence-corrected chi connectivity index (χ0v) is 10.3. The Balaban J connectivity index is 2.10. The summed E-state index contributed by atoms with van der Waals surface area (Å²) in [5.74, 6) is 0. The van der Waals surface area contributed by atoms with Gasteiger partial charge in [0.1, 0.15) is 0 Å².